The molecule has 0 unspecified atom stereocenters. The second kappa shape index (κ2) is 5.81. The highest BCUT2D eigenvalue weighted by atomic mass is 16.5. The number of morpholine rings is 1. The normalized spacial score (nSPS) is 20.2. The van der Waals surface area contributed by atoms with Crippen molar-refractivity contribution in [2.75, 3.05) is 31.2 Å². The lowest BCUT2D eigenvalue weighted by molar-refractivity contribution is 0.122. The Morgan fingerprint density at radius 2 is 1.88 bits per heavy atom. The summed E-state index contributed by atoms with van der Waals surface area (Å²) in [5, 5.41) is 0. The summed E-state index contributed by atoms with van der Waals surface area (Å²) in [6.45, 7) is 5.46. The van der Waals surface area contributed by atoms with E-state index in [1.165, 1.54) is 17.8 Å². The lowest BCUT2D eigenvalue weighted by atomic mass is 10.1. The lowest BCUT2D eigenvalue weighted by Crippen LogP contribution is -2.37. The zero-order valence-corrected chi connectivity index (χ0v) is 14.4. The maximum atomic E-state index is 5.39. The van der Waals surface area contributed by atoms with Gasteiger partial charge >= 0.3 is 0 Å². The van der Waals surface area contributed by atoms with Crippen molar-refractivity contribution in [1.29, 1.82) is 0 Å². The molecule has 1 saturated heterocycles. The zero-order chi connectivity index (χ0) is 16.8. The minimum absolute atomic E-state index is 0.523. The van der Waals surface area contributed by atoms with Crippen LogP contribution in [0.3, 0.4) is 0 Å². The van der Waals surface area contributed by atoms with Crippen LogP contribution in [0.1, 0.15) is 25.2 Å². The van der Waals surface area contributed by atoms with E-state index in [0.29, 0.717) is 6.04 Å². The fourth-order valence-electron chi connectivity index (χ4n) is 3.85. The number of fused-ring (bicyclic) bond motifs is 3. The fourth-order valence-corrected chi connectivity index (χ4v) is 3.85. The molecule has 2 aromatic heterocycles. The number of aryl methyl sites for hydroxylation is 1. The van der Waals surface area contributed by atoms with Crippen molar-refractivity contribution >= 4 is 17.0 Å². The van der Waals surface area contributed by atoms with E-state index >= 15 is 0 Å². The highest BCUT2D eigenvalue weighted by Crippen LogP contribution is 2.32. The molecule has 0 N–H and O–H groups in total. The van der Waals surface area contributed by atoms with E-state index in [2.05, 4.69) is 44.6 Å². The second-order valence-corrected chi connectivity index (χ2v) is 6.86. The van der Waals surface area contributed by atoms with Crippen molar-refractivity contribution in [3.63, 3.8) is 0 Å². The first kappa shape index (κ1) is 14.8. The van der Waals surface area contributed by atoms with Crippen LogP contribution in [0.5, 0.6) is 0 Å². The standard InChI is InChI=1S/C19H21N5O/c1-13-2-5-18-22-16-4-3-14(10-17(16)24(13)18)15-11-20-19(21-12-15)23-6-8-25-9-7-23/h3-4,10-13H,2,5-9H2,1H3/t13-/m0/s1. The van der Waals surface area contributed by atoms with E-state index in [-0.39, 0.29) is 0 Å². The minimum Gasteiger partial charge on any atom is -0.378 e. The van der Waals surface area contributed by atoms with Gasteiger partial charge in [-0.3, -0.25) is 0 Å². The molecule has 6 heteroatoms. The van der Waals surface area contributed by atoms with E-state index in [9.17, 15) is 0 Å². The van der Waals surface area contributed by atoms with Crippen LogP contribution in [-0.2, 0) is 11.2 Å². The predicted molar refractivity (Wildman–Crippen MR) is 96.8 cm³/mol. The summed E-state index contributed by atoms with van der Waals surface area (Å²) in [5.41, 5.74) is 4.48. The predicted octanol–water partition coefficient (Wildman–Crippen LogP) is 2.84. The molecular weight excluding hydrogens is 314 g/mol. The van der Waals surface area contributed by atoms with Gasteiger partial charge in [-0.2, -0.15) is 0 Å². The molecule has 0 amide bonds. The Morgan fingerprint density at radius 1 is 1.08 bits per heavy atom. The summed E-state index contributed by atoms with van der Waals surface area (Å²) >= 11 is 0. The average molecular weight is 335 g/mol. The Hall–Kier alpha value is -2.47. The summed E-state index contributed by atoms with van der Waals surface area (Å²) in [4.78, 5) is 16.1. The first-order chi connectivity index (χ1) is 12.3. The van der Waals surface area contributed by atoms with Crippen LogP contribution in [0.4, 0.5) is 5.95 Å². The van der Waals surface area contributed by atoms with Gasteiger partial charge < -0.3 is 14.2 Å². The third kappa shape index (κ3) is 2.48. The number of hydrogen-bond acceptors (Lipinski definition) is 5. The van der Waals surface area contributed by atoms with Crippen LogP contribution in [0.15, 0.2) is 30.6 Å². The molecule has 0 saturated carbocycles. The average Bonchev–Trinajstić information content (AvgIpc) is 3.22. The van der Waals surface area contributed by atoms with Gasteiger partial charge in [0.1, 0.15) is 5.82 Å². The molecular formula is C19H21N5O. The summed E-state index contributed by atoms with van der Waals surface area (Å²) in [7, 11) is 0. The van der Waals surface area contributed by atoms with Crippen molar-refractivity contribution < 1.29 is 4.74 Å². The number of rotatable bonds is 2. The molecule has 2 aliphatic rings. The number of aromatic nitrogens is 4. The quantitative estimate of drug-likeness (QED) is 0.721. The molecule has 5 rings (SSSR count). The molecule has 2 aliphatic heterocycles. The first-order valence-electron chi connectivity index (χ1n) is 8.95. The van der Waals surface area contributed by atoms with Crippen molar-refractivity contribution in [3.05, 3.63) is 36.4 Å². The van der Waals surface area contributed by atoms with Gasteiger partial charge in [0.25, 0.3) is 0 Å². The molecule has 0 aliphatic carbocycles. The van der Waals surface area contributed by atoms with Gasteiger partial charge in [-0.15, -0.1) is 0 Å². The Labute approximate surface area is 146 Å². The molecule has 0 spiro atoms. The third-order valence-electron chi connectivity index (χ3n) is 5.25. The molecule has 1 aromatic carbocycles. The molecule has 128 valence electrons. The summed E-state index contributed by atoms with van der Waals surface area (Å²) in [5.74, 6) is 1.99. The highest BCUT2D eigenvalue weighted by Gasteiger charge is 2.22. The molecule has 1 fully saturated rings. The number of imidazole rings is 1. The van der Waals surface area contributed by atoms with E-state index in [0.717, 1.165) is 55.3 Å². The number of ether oxygens (including phenoxy) is 1. The lowest BCUT2D eigenvalue weighted by Gasteiger charge is -2.26. The Balaban J connectivity index is 1.49. The number of nitrogens with zero attached hydrogens (tertiary/aromatic N) is 5. The number of hydrogen-bond donors (Lipinski definition) is 0. The molecule has 4 heterocycles. The summed E-state index contributed by atoms with van der Waals surface area (Å²) < 4.78 is 7.76. The third-order valence-corrected chi connectivity index (χ3v) is 5.25. The highest BCUT2D eigenvalue weighted by molar-refractivity contribution is 5.82. The van der Waals surface area contributed by atoms with Crippen LogP contribution in [0.25, 0.3) is 22.2 Å². The monoisotopic (exact) mass is 335 g/mol. The van der Waals surface area contributed by atoms with Gasteiger partial charge in [0.05, 0.1) is 24.2 Å². The van der Waals surface area contributed by atoms with Crippen molar-refractivity contribution in [2.45, 2.75) is 25.8 Å². The largest absolute Gasteiger partial charge is 0.378 e. The van der Waals surface area contributed by atoms with Gasteiger partial charge in [-0.1, -0.05) is 6.07 Å². The van der Waals surface area contributed by atoms with Crippen molar-refractivity contribution in [3.8, 4) is 11.1 Å². The molecule has 3 aromatic rings. The summed E-state index contributed by atoms with van der Waals surface area (Å²) in [6, 6.07) is 6.97. The van der Waals surface area contributed by atoms with Crippen LogP contribution in [0.2, 0.25) is 0 Å². The Kier molecular flexibility index (Phi) is 3.45. The van der Waals surface area contributed by atoms with Crippen LogP contribution in [0, 0.1) is 0 Å². The maximum Gasteiger partial charge on any atom is 0.225 e. The van der Waals surface area contributed by atoms with Gasteiger partial charge in [0, 0.05) is 43.5 Å². The SMILES string of the molecule is C[C@H]1CCc2nc3ccc(-c4cnc(N5CCOCC5)nc4)cc3n21. The van der Waals surface area contributed by atoms with Gasteiger partial charge in [-0.05, 0) is 31.0 Å². The van der Waals surface area contributed by atoms with E-state index in [4.69, 9.17) is 9.72 Å². The van der Waals surface area contributed by atoms with Gasteiger partial charge in [0.2, 0.25) is 5.95 Å². The van der Waals surface area contributed by atoms with Crippen LogP contribution < -0.4 is 4.90 Å². The Bertz CT molecular complexity index is 911. The van der Waals surface area contributed by atoms with Gasteiger partial charge in [-0.25, -0.2) is 15.0 Å². The van der Waals surface area contributed by atoms with Crippen molar-refractivity contribution in [2.24, 2.45) is 0 Å². The smallest absolute Gasteiger partial charge is 0.225 e. The second-order valence-electron chi connectivity index (χ2n) is 6.86. The molecule has 1 atom stereocenters. The molecule has 0 radical (unpaired) electrons. The van der Waals surface area contributed by atoms with E-state index in [1.807, 2.05) is 12.4 Å². The maximum absolute atomic E-state index is 5.39. The number of benzene rings is 1. The van der Waals surface area contributed by atoms with Gasteiger partial charge in [0.15, 0.2) is 0 Å². The Morgan fingerprint density at radius 3 is 2.68 bits per heavy atom. The molecule has 25 heavy (non-hydrogen) atoms. The zero-order valence-electron chi connectivity index (χ0n) is 14.4. The molecule has 0 bridgehead atoms. The number of anilines is 1. The van der Waals surface area contributed by atoms with E-state index in [1.54, 1.807) is 0 Å². The molecule has 6 nitrogen and oxygen atoms in total. The fraction of sp³-hybridized carbons (Fsp3) is 0.421. The van der Waals surface area contributed by atoms with Crippen LogP contribution in [-0.4, -0.2) is 45.8 Å². The van der Waals surface area contributed by atoms with Crippen molar-refractivity contribution in [1.82, 2.24) is 19.5 Å². The topological polar surface area (TPSA) is 56.1 Å². The van der Waals surface area contributed by atoms with E-state index < -0.39 is 0 Å². The van der Waals surface area contributed by atoms with Crippen LogP contribution >= 0.6 is 0 Å². The minimum atomic E-state index is 0.523. The first-order valence-corrected chi connectivity index (χ1v) is 8.95. The summed E-state index contributed by atoms with van der Waals surface area (Å²) in [6.07, 6.45) is 6.09.